The maximum absolute atomic E-state index is 11.8. The number of nitrogens with one attached hydrogen (secondary N) is 1. The zero-order valence-electron chi connectivity index (χ0n) is 10.4. The van der Waals surface area contributed by atoms with E-state index < -0.39 is 11.6 Å². The van der Waals surface area contributed by atoms with Gasteiger partial charge in [0.2, 0.25) is 0 Å². The fraction of sp³-hybridized carbons (Fsp3) is 0.182. The molecular formula is C11H13BrN6O2. The Morgan fingerprint density at radius 3 is 2.60 bits per heavy atom. The zero-order valence-corrected chi connectivity index (χ0v) is 12.0. The Balaban J connectivity index is 2.24. The third-order valence-corrected chi connectivity index (χ3v) is 3.20. The van der Waals surface area contributed by atoms with E-state index in [1.807, 2.05) is 29.7 Å². The number of rotatable bonds is 4. The van der Waals surface area contributed by atoms with Crippen molar-refractivity contribution in [3.63, 3.8) is 0 Å². The van der Waals surface area contributed by atoms with Crippen molar-refractivity contribution in [2.75, 3.05) is 5.84 Å². The molecule has 5 N–H and O–H groups in total. The largest absolute Gasteiger partial charge is 0.365 e. The first-order chi connectivity index (χ1) is 9.51. The van der Waals surface area contributed by atoms with Gasteiger partial charge in [-0.05, 0) is 17.7 Å². The van der Waals surface area contributed by atoms with Gasteiger partial charge >= 0.3 is 5.69 Å². The van der Waals surface area contributed by atoms with E-state index in [1.165, 1.54) is 0 Å². The Kier molecular flexibility index (Phi) is 4.20. The van der Waals surface area contributed by atoms with Gasteiger partial charge in [-0.3, -0.25) is 10.2 Å². The highest BCUT2D eigenvalue weighted by atomic mass is 79.9. The van der Waals surface area contributed by atoms with Gasteiger partial charge in [-0.15, -0.1) is 0 Å². The lowest BCUT2D eigenvalue weighted by Gasteiger charge is -2.00. The normalized spacial score (nSPS) is 10.5. The number of nitrogens with zero attached hydrogens (tertiary/aromatic N) is 3. The van der Waals surface area contributed by atoms with Crippen LogP contribution in [-0.2, 0) is 17.8 Å². The van der Waals surface area contributed by atoms with Gasteiger partial charge in [0, 0.05) is 10.9 Å². The first-order valence-electron chi connectivity index (χ1n) is 5.69. The highest BCUT2D eigenvalue weighted by molar-refractivity contribution is 9.10. The molecule has 1 heterocycles. The molecule has 0 aliphatic carbocycles. The fourth-order valence-corrected chi connectivity index (χ4v) is 1.92. The van der Waals surface area contributed by atoms with Crippen LogP contribution >= 0.6 is 15.9 Å². The molecule has 1 aromatic heterocycles. The Labute approximate surface area is 122 Å². The Bertz CT molecular complexity index is 675. The molecule has 0 saturated carbocycles. The van der Waals surface area contributed by atoms with Crippen LogP contribution in [0.15, 0.2) is 33.5 Å². The molecule has 0 bridgehead atoms. The van der Waals surface area contributed by atoms with Crippen molar-refractivity contribution in [2.24, 2.45) is 5.84 Å². The number of carbonyl (C=O) groups is 1. The molecule has 1 amide bonds. The molecule has 0 atom stereocenters. The second-order valence-corrected chi connectivity index (χ2v) is 5.01. The summed E-state index contributed by atoms with van der Waals surface area (Å²) < 4.78 is 2.85. The number of aromatic nitrogens is 3. The Hall–Kier alpha value is -2.13. The standard InChI is InChI=1S/C11H13BrN6O2/c12-8-3-1-7(2-4-8)5-9-16-17(6-10(19)15-13)11(20)18(9)14/h1-4H,5-6,13-14H2,(H,15,19). The van der Waals surface area contributed by atoms with Crippen LogP contribution in [-0.4, -0.2) is 20.4 Å². The predicted octanol–water partition coefficient (Wildman–Crippen LogP) is -0.898. The average Bonchev–Trinajstić information content (AvgIpc) is 2.69. The summed E-state index contributed by atoms with van der Waals surface area (Å²) in [4.78, 5) is 23.0. The van der Waals surface area contributed by atoms with Crippen LogP contribution in [0.1, 0.15) is 11.4 Å². The van der Waals surface area contributed by atoms with Gasteiger partial charge in [0.15, 0.2) is 5.82 Å². The molecule has 0 unspecified atom stereocenters. The molecule has 0 saturated heterocycles. The molecule has 20 heavy (non-hydrogen) atoms. The number of nitrogen functional groups attached to an aromatic ring is 1. The molecule has 2 rings (SSSR count). The van der Waals surface area contributed by atoms with E-state index in [0.29, 0.717) is 12.2 Å². The molecule has 8 nitrogen and oxygen atoms in total. The lowest BCUT2D eigenvalue weighted by molar-refractivity contribution is -0.121. The Morgan fingerprint density at radius 2 is 2.00 bits per heavy atom. The summed E-state index contributed by atoms with van der Waals surface area (Å²) in [5.74, 6) is 10.4. The SMILES string of the molecule is NNC(=O)Cn1nc(Cc2ccc(Br)cc2)n(N)c1=O. The lowest BCUT2D eigenvalue weighted by atomic mass is 10.1. The van der Waals surface area contributed by atoms with Crippen LogP contribution in [0.3, 0.4) is 0 Å². The molecule has 2 aromatic rings. The van der Waals surface area contributed by atoms with Gasteiger partial charge in [0.05, 0.1) is 0 Å². The summed E-state index contributed by atoms with van der Waals surface area (Å²) in [6.07, 6.45) is 0.385. The van der Waals surface area contributed by atoms with Crippen LogP contribution in [0, 0.1) is 0 Å². The van der Waals surface area contributed by atoms with E-state index >= 15 is 0 Å². The maximum Gasteiger partial charge on any atom is 0.365 e. The number of carbonyl (C=O) groups excluding carboxylic acids is 1. The number of nitrogens with two attached hydrogens (primary N) is 2. The van der Waals surface area contributed by atoms with E-state index in [2.05, 4.69) is 21.0 Å². The number of halogens is 1. The van der Waals surface area contributed by atoms with E-state index in [4.69, 9.17) is 11.7 Å². The van der Waals surface area contributed by atoms with Crippen LogP contribution in [0.2, 0.25) is 0 Å². The van der Waals surface area contributed by atoms with Crippen molar-refractivity contribution in [1.82, 2.24) is 19.9 Å². The van der Waals surface area contributed by atoms with Crippen molar-refractivity contribution < 1.29 is 4.79 Å². The smallest absolute Gasteiger partial charge is 0.333 e. The summed E-state index contributed by atoms with van der Waals surface area (Å²) in [6, 6.07) is 7.54. The molecule has 0 aliphatic rings. The minimum Gasteiger partial charge on any atom is -0.333 e. The number of amides is 1. The summed E-state index contributed by atoms with van der Waals surface area (Å²) in [5, 5.41) is 4.03. The van der Waals surface area contributed by atoms with E-state index in [1.54, 1.807) is 0 Å². The Morgan fingerprint density at radius 1 is 1.35 bits per heavy atom. The van der Waals surface area contributed by atoms with Gasteiger partial charge in [-0.2, -0.15) is 9.77 Å². The minimum atomic E-state index is -0.569. The van der Waals surface area contributed by atoms with Gasteiger partial charge in [-0.1, -0.05) is 28.1 Å². The minimum absolute atomic E-state index is 0.271. The molecule has 106 valence electrons. The topological polar surface area (TPSA) is 121 Å². The summed E-state index contributed by atoms with van der Waals surface area (Å²) >= 11 is 3.34. The van der Waals surface area contributed by atoms with E-state index in [0.717, 1.165) is 19.4 Å². The second-order valence-electron chi connectivity index (χ2n) is 4.10. The van der Waals surface area contributed by atoms with Crippen LogP contribution < -0.4 is 22.8 Å². The molecular weight excluding hydrogens is 328 g/mol. The van der Waals surface area contributed by atoms with Gasteiger partial charge in [-0.25, -0.2) is 15.3 Å². The predicted molar refractivity (Wildman–Crippen MR) is 75.9 cm³/mol. The quantitative estimate of drug-likeness (QED) is 0.378. The van der Waals surface area contributed by atoms with Gasteiger partial charge in [0.25, 0.3) is 5.91 Å². The summed E-state index contributed by atoms with van der Waals surface area (Å²) in [7, 11) is 0. The number of hydrogen-bond acceptors (Lipinski definition) is 5. The second kappa shape index (κ2) is 5.88. The molecule has 0 spiro atoms. The molecule has 0 fully saturated rings. The van der Waals surface area contributed by atoms with E-state index in [9.17, 15) is 9.59 Å². The van der Waals surface area contributed by atoms with Crippen molar-refractivity contribution in [3.8, 4) is 0 Å². The average molecular weight is 341 g/mol. The zero-order chi connectivity index (χ0) is 14.7. The van der Waals surface area contributed by atoms with E-state index in [-0.39, 0.29) is 6.54 Å². The van der Waals surface area contributed by atoms with Crippen molar-refractivity contribution >= 4 is 21.8 Å². The highest BCUT2D eigenvalue weighted by Gasteiger charge is 2.13. The molecule has 9 heteroatoms. The maximum atomic E-state index is 11.8. The fourth-order valence-electron chi connectivity index (χ4n) is 1.66. The number of benzene rings is 1. The first kappa shape index (κ1) is 14.3. The van der Waals surface area contributed by atoms with Gasteiger partial charge < -0.3 is 5.84 Å². The third kappa shape index (κ3) is 3.06. The third-order valence-electron chi connectivity index (χ3n) is 2.67. The molecule has 0 radical (unpaired) electrons. The molecule has 0 aliphatic heterocycles. The van der Waals surface area contributed by atoms with Crippen molar-refractivity contribution in [3.05, 3.63) is 50.6 Å². The van der Waals surface area contributed by atoms with Gasteiger partial charge in [0.1, 0.15) is 6.54 Å². The number of hydrazine groups is 1. The lowest BCUT2D eigenvalue weighted by Crippen LogP contribution is -2.38. The van der Waals surface area contributed by atoms with Crippen LogP contribution in [0.5, 0.6) is 0 Å². The highest BCUT2D eigenvalue weighted by Crippen LogP contribution is 2.12. The van der Waals surface area contributed by atoms with Crippen LogP contribution in [0.25, 0.3) is 0 Å². The van der Waals surface area contributed by atoms with Crippen molar-refractivity contribution in [2.45, 2.75) is 13.0 Å². The van der Waals surface area contributed by atoms with Crippen molar-refractivity contribution in [1.29, 1.82) is 0 Å². The monoisotopic (exact) mass is 340 g/mol. The molecule has 1 aromatic carbocycles. The van der Waals surface area contributed by atoms with Crippen LogP contribution in [0.4, 0.5) is 0 Å². The number of hydrogen-bond donors (Lipinski definition) is 3. The summed E-state index contributed by atoms with van der Waals surface area (Å²) in [5.41, 5.74) is 2.31. The summed E-state index contributed by atoms with van der Waals surface area (Å²) in [6.45, 7) is -0.271. The first-order valence-corrected chi connectivity index (χ1v) is 6.48.